The highest BCUT2D eigenvalue weighted by Crippen LogP contribution is 2.25. The maximum Gasteiger partial charge on any atom is 0.109 e. The smallest absolute Gasteiger partial charge is 0.109 e. The summed E-state index contributed by atoms with van der Waals surface area (Å²) in [6.07, 6.45) is 4.32. The van der Waals surface area contributed by atoms with E-state index in [0.717, 1.165) is 22.5 Å². The quantitative estimate of drug-likeness (QED) is 0.815. The van der Waals surface area contributed by atoms with E-state index >= 15 is 0 Å². The van der Waals surface area contributed by atoms with Crippen LogP contribution in [-0.4, -0.2) is 10.1 Å². The van der Waals surface area contributed by atoms with E-state index in [1.54, 1.807) is 18.7 Å². The fourth-order valence-corrected chi connectivity index (χ4v) is 1.55. The van der Waals surface area contributed by atoms with Gasteiger partial charge >= 0.3 is 0 Å². The van der Waals surface area contributed by atoms with Gasteiger partial charge in [0.15, 0.2) is 0 Å². The van der Waals surface area contributed by atoms with Gasteiger partial charge in [-0.3, -0.25) is 4.98 Å². The van der Waals surface area contributed by atoms with Crippen LogP contribution in [-0.2, 0) is 0 Å². The van der Waals surface area contributed by atoms with Crippen LogP contribution in [0.4, 0.5) is 0 Å². The fourth-order valence-electron chi connectivity index (χ4n) is 1.55. The highest BCUT2D eigenvalue weighted by molar-refractivity contribution is 5.32. The SMILES string of the molecule is Cc1cc(C(O)c2cnccc2C)co1. The molecular weight excluding hydrogens is 190 g/mol. The Morgan fingerprint density at radius 3 is 2.80 bits per heavy atom. The van der Waals surface area contributed by atoms with Gasteiger partial charge in [0.25, 0.3) is 0 Å². The molecule has 0 aromatic carbocycles. The molecule has 3 heteroatoms. The molecule has 0 saturated heterocycles. The maximum atomic E-state index is 10.1. The average Bonchev–Trinajstić information content (AvgIpc) is 2.65. The summed E-state index contributed by atoms with van der Waals surface area (Å²) in [5.74, 6) is 0.797. The molecule has 0 aliphatic carbocycles. The molecule has 2 aromatic heterocycles. The van der Waals surface area contributed by atoms with Crippen molar-refractivity contribution in [3.05, 3.63) is 53.2 Å². The highest BCUT2D eigenvalue weighted by atomic mass is 16.3. The molecule has 0 amide bonds. The molecule has 2 aromatic rings. The lowest BCUT2D eigenvalue weighted by molar-refractivity contribution is 0.218. The summed E-state index contributed by atoms with van der Waals surface area (Å²) in [6.45, 7) is 3.81. The molecule has 0 aliphatic rings. The predicted molar refractivity (Wildman–Crippen MR) is 56.5 cm³/mol. The van der Waals surface area contributed by atoms with Gasteiger partial charge in [-0.05, 0) is 31.5 Å². The van der Waals surface area contributed by atoms with Gasteiger partial charge in [-0.2, -0.15) is 0 Å². The minimum atomic E-state index is -0.656. The van der Waals surface area contributed by atoms with Gasteiger partial charge in [-0.15, -0.1) is 0 Å². The van der Waals surface area contributed by atoms with Crippen molar-refractivity contribution in [2.45, 2.75) is 20.0 Å². The number of aryl methyl sites for hydroxylation is 2. The van der Waals surface area contributed by atoms with Crippen LogP contribution in [0, 0.1) is 13.8 Å². The lowest BCUT2D eigenvalue weighted by atomic mass is 10.0. The predicted octanol–water partition coefficient (Wildman–Crippen LogP) is 2.37. The zero-order valence-corrected chi connectivity index (χ0v) is 8.77. The lowest BCUT2D eigenvalue weighted by Gasteiger charge is -2.10. The first-order valence-electron chi connectivity index (χ1n) is 4.82. The summed E-state index contributed by atoms with van der Waals surface area (Å²) in [6, 6.07) is 3.71. The van der Waals surface area contributed by atoms with E-state index in [9.17, 15) is 5.11 Å². The van der Waals surface area contributed by atoms with Crippen molar-refractivity contribution < 1.29 is 9.52 Å². The maximum absolute atomic E-state index is 10.1. The summed E-state index contributed by atoms with van der Waals surface area (Å²) in [5.41, 5.74) is 2.61. The first-order valence-corrected chi connectivity index (χ1v) is 4.82. The van der Waals surface area contributed by atoms with Crippen LogP contribution in [0.5, 0.6) is 0 Å². The Morgan fingerprint density at radius 2 is 2.20 bits per heavy atom. The van der Waals surface area contributed by atoms with Crippen molar-refractivity contribution in [2.75, 3.05) is 0 Å². The zero-order valence-electron chi connectivity index (χ0n) is 8.77. The van der Waals surface area contributed by atoms with E-state index in [0.29, 0.717) is 0 Å². The molecule has 0 spiro atoms. The highest BCUT2D eigenvalue weighted by Gasteiger charge is 2.14. The topological polar surface area (TPSA) is 46.3 Å². The fraction of sp³-hybridized carbons (Fsp3) is 0.250. The van der Waals surface area contributed by atoms with Crippen LogP contribution in [0.1, 0.15) is 28.6 Å². The van der Waals surface area contributed by atoms with E-state index in [2.05, 4.69) is 4.98 Å². The van der Waals surface area contributed by atoms with Crippen LogP contribution in [0.2, 0.25) is 0 Å². The van der Waals surface area contributed by atoms with Gasteiger partial charge in [0.1, 0.15) is 11.9 Å². The van der Waals surface area contributed by atoms with Gasteiger partial charge < -0.3 is 9.52 Å². The Balaban J connectivity index is 2.36. The van der Waals surface area contributed by atoms with Crippen LogP contribution in [0.3, 0.4) is 0 Å². The molecule has 0 bridgehead atoms. The van der Waals surface area contributed by atoms with Crippen LogP contribution >= 0.6 is 0 Å². The number of nitrogens with zero attached hydrogens (tertiary/aromatic N) is 1. The number of hydrogen-bond donors (Lipinski definition) is 1. The van der Waals surface area contributed by atoms with E-state index in [-0.39, 0.29) is 0 Å². The first-order chi connectivity index (χ1) is 7.18. The number of aliphatic hydroxyl groups excluding tert-OH is 1. The number of rotatable bonds is 2. The molecule has 2 heterocycles. The molecule has 3 nitrogen and oxygen atoms in total. The van der Waals surface area contributed by atoms with Gasteiger partial charge in [0, 0.05) is 23.5 Å². The number of furan rings is 1. The zero-order chi connectivity index (χ0) is 10.8. The normalized spacial score (nSPS) is 12.7. The molecule has 0 radical (unpaired) electrons. The standard InChI is InChI=1S/C12H13NO2/c1-8-3-4-13-6-11(8)12(14)10-5-9(2)15-7-10/h3-7,12,14H,1-2H3. The third kappa shape index (κ3) is 1.92. The Morgan fingerprint density at radius 1 is 1.40 bits per heavy atom. The summed E-state index contributed by atoms with van der Waals surface area (Å²) >= 11 is 0. The minimum Gasteiger partial charge on any atom is -0.469 e. The largest absolute Gasteiger partial charge is 0.469 e. The second-order valence-corrected chi connectivity index (χ2v) is 3.63. The molecule has 15 heavy (non-hydrogen) atoms. The number of aromatic nitrogens is 1. The Labute approximate surface area is 88.4 Å². The van der Waals surface area contributed by atoms with Crippen molar-refractivity contribution in [1.82, 2.24) is 4.98 Å². The van der Waals surface area contributed by atoms with Crippen LogP contribution in [0.25, 0.3) is 0 Å². The molecule has 0 aliphatic heterocycles. The van der Waals surface area contributed by atoms with Gasteiger partial charge in [0.2, 0.25) is 0 Å². The van der Waals surface area contributed by atoms with Crippen LogP contribution in [0.15, 0.2) is 35.2 Å². The van der Waals surface area contributed by atoms with Crippen molar-refractivity contribution in [2.24, 2.45) is 0 Å². The molecule has 1 atom stereocenters. The van der Waals surface area contributed by atoms with E-state index in [1.807, 2.05) is 26.0 Å². The second kappa shape index (κ2) is 3.87. The number of pyridine rings is 1. The van der Waals surface area contributed by atoms with Crippen molar-refractivity contribution in [1.29, 1.82) is 0 Å². The van der Waals surface area contributed by atoms with Gasteiger partial charge in [0.05, 0.1) is 6.26 Å². The first kappa shape index (κ1) is 9.93. The lowest BCUT2D eigenvalue weighted by Crippen LogP contribution is -2.01. The summed E-state index contributed by atoms with van der Waals surface area (Å²) in [7, 11) is 0. The van der Waals surface area contributed by atoms with E-state index in [1.165, 1.54) is 0 Å². The van der Waals surface area contributed by atoms with E-state index < -0.39 is 6.10 Å². The molecule has 0 fully saturated rings. The Kier molecular flexibility index (Phi) is 2.56. The summed E-state index contributed by atoms with van der Waals surface area (Å²) < 4.78 is 5.17. The molecule has 1 N–H and O–H groups in total. The Hall–Kier alpha value is -1.61. The monoisotopic (exact) mass is 203 g/mol. The van der Waals surface area contributed by atoms with Crippen molar-refractivity contribution >= 4 is 0 Å². The molecule has 0 saturated carbocycles. The minimum absolute atomic E-state index is 0.656. The van der Waals surface area contributed by atoms with Crippen molar-refractivity contribution in [3.63, 3.8) is 0 Å². The third-order valence-corrected chi connectivity index (χ3v) is 2.44. The summed E-state index contributed by atoms with van der Waals surface area (Å²) in [5, 5.41) is 10.1. The molecule has 78 valence electrons. The van der Waals surface area contributed by atoms with Gasteiger partial charge in [-0.1, -0.05) is 0 Å². The molecule has 2 rings (SSSR count). The summed E-state index contributed by atoms with van der Waals surface area (Å²) in [4.78, 5) is 4.01. The number of hydrogen-bond acceptors (Lipinski definition) is 3. The van der Waals surface area contributed by atoms with E-state index in [4.69, 9.17) is 4.42 Å². The molecular formula is C12H13NO2. The second-order valence-electron chi connectivity index (χ2n) is 3.63. The van der Waals surface area contributed by atoms with Crippen molar-refractivity contribution in [3.8, 4) is 0 Å². The Bertz CT molecular complexity index is 462. The average molecular weight is 203 g/mol. The van der Waals surface area contributed by atoms with Gasteiger partial charge in [-0.25, -0.2) is 0 Å². The van der Waals surface area contributed by atoms with Crippen LogP contribution < -0.4 is 0 Å². The third-order valence-electron chi connectivity index (χ3n) is 2.44. The number of aliphatic hydroxyl groups is 1. The molecule has 1 unspecified atom stereocenters.